The highest BCUT2D eigenvalue weighted by molar-refractivity contribution is 5.94. The second-order valence-electron chi connectivity index (χ2n) is 4.41. The molecule has 0 saturated heterocycles. The Morgan fingerprint density at radius 2 is 1.94 bits per heavy atom. The number of rotatable bonds is 5. The van der Waals surface area contributed by atoms with Crippen molar-refractivity contribution in [3.05, 3.63) is 59.7 Å². The van der Waals surface area contributed by atoms with Crippen molar-refractivity contribution in [3.63, 3.8) is 0 Å². The maximum Gasteiger partial charge on any atom is 0.179 e. The first-order valence-corrected chi connectivity index (χ1v) is 6.06. The third kappa shape index (κ3) is 3.06. The molecule has 0 atom stereocenters. The summed E-state index contributed by atoms with van der Waals surface area (Å²) in [4.78, 5) is 11.9. The molecule has 94 valence electrons. The maximum absolute atomic E-state index is 12.7. The van der Waals surface area contributed by atoms with Crippen molar-refractivity contribution < 1.29 is 9.18 Å². The number of carbonyl (C=O) groups is 1. The lowest BCUT2D eigenvalue weighted by molar-refractivity contribution is 0.0972. The van der Waals surface area contributed by atoms with Crippen molar-refractivity contribution in [3.8, 4) is 0 Å². The number of hydrogen-bond donors (Lipinski definition) is 0. The van der Waals surface area contributed by atoms with Gasteiger partial charge in [-0.15, -0.1) is 0 Å². The van der Waals surface area contributed by atoms with Gasteiger partial charge in [-0.3, -0.25) is 4.79 Å². The highest BCUT2D eigenvalue weighted by Crippen LogP contribution is 2.10. The summed E-state index contributed by atoms with van der Waals surface area (Å²) < 4.78 is 14.5. The topological polar surface area (TPSA) is 22.0 Å². The molecule has 0 fully saturated rings. The predicted molar refractivity (Wildman–Crippen MR) is 69.1 cm³/mol. The number of hydrogen-bond acceptors (Lipinski definition) is 1. The van der Waals surface area contributed by atoms with Crippen molar-refractivity contribution in [2.75, 3.05) is 0 Å². The maximum atomic E-state index is 12.7. The standard InChI is InChI=1S/C15H16FNO/c1-17-11-3-5-14(17)15(18)6-2-4-12-7-9-13(16)10-8-12/h3,5,7-11H,2,4,6H2,1H3. The van der Waals surface area contributed by atoms with Crippen molar-refractivity contribution in [1.82, 2.24) is 4.57 Å². The quantitative estimate of drug-likeness (QED) is 0.740. The summed E-state index contributed by atoms with van der Waals surface area (Å²) in [7, 11) is 1.87. The van der Waals surface area contributed by atoms with Crippen molar-refractivity contribution in [2.24, 2.45) is 7.05 Å². The summed E-state index contributed by atoms with van der Waals surface area (Å²) in [5, 5.41) is 0. The van der Waals surface area contributed by atoms with E-state index in [9.17, 15) is 9.18 Å². The number of carbonyl (C=O) groups excluding carboxylic acids is 1. The Balaban J connectivity index is 1.84. The second-order valence-corrected chi connectivity index (χ2v) is 4.41. The molecule has 0 aliphatic rings. The molecule has 2 rings (SSSR count). The zero-order chi connectivity index (χ0) is 13.0. The molecule has 18 heavy (non-hydrogen) atoms. The number of Topliss-reactive ketones (excluding diaryl/α,β-unsaturated/α-hetero) is 1. The summed E-state index contributed by atoms with van der Waals surface area (Å²) >= 11 is 0. The summed E-state index contributed by atoms with van der Waals surface area (Å²) in [5.74, 6) is -0.0664. The lowest BCUT2D eigenvalue weighted by Crippen LogP contribution is -2.05. The Morgan fingerprint density at radius 3 is 2.56 bits per heavy atom. The molecule has 0 spiro atoms. The minimum Gasteiger partial charge on any atom is -0.348 e. The first kappa shape index (κ1) is 12.6. The first-order valence-electron chi connectivity index (χ1n) is 6.06. The van der Waals surface area contributed by atoms with Crippen LogP contribution >= 0.6 is 0 Å². The summed E-state index contributed by atoms with van der Waals surface area (Å²) in [6, 6.07) is 10.1. The Morgan fingerprint density at radius 1 is 1.22 bits per heavy atom. The van der Waals surface area contributed by atoms with Crippen LogP contribution in [0.1, 0.15) is 28.9 Å². The number of nitrogens with zero attached hydrogens (tertiary/aromatic N) is 1. The molecule has 0 bridgehead atoms. The van der Waals surface area contributed by atoms with E-state index in [2.05, 4.69) is 0 Å². The van der Waals surface area contributed by atoms with E-state index < -0.39 is 0 Å². The minimum absolute atomic E-state index is 0.157. The van der Waals surface area contributed by atoms with Gasteiger partial charge in [0.1, 0.15) is 5.82 Å². The Labute approximate surface area is 106 Å². The molecule has 0 radical (unpaired) electrons. The van der Waals surface area contributed by atoms with Gasteiger partial charge in [-0.05, 0) is 42.7 Å². The molecular weight excluding hydrogens is 229 g/mol. The molecule has 1 aromatic heterocycles. The zero-order valence-electron chi connectivity index (χ0n) is 10.4. The van der Waals surface area contributed by atoms with E-state index in [1.165, 1.54) is 12.1 Å². The molecule has 2 aromatic rings. The Kier molecular flexibility index (Phi) is 3.92. The lowest BCUT2D eigenvalue weighted by Gasteiger charge is -2.03. The average molecular weight is 245 g/mol. The second kappa shape index (κ2) is 5.63. The highest BCUT2D eigenvalue weighted by Gasteiger charge is 2.08. The minimum atomic E-state index is -0.223. The van der Waals surface area contributed by atoms with Gasteiger partial charge >= 0.3 is 0 Å². The molecule has 3 heteroatoms. The van der Waals surface area contributed by atoms with Crippen LogP contribution in [-0.4, -0.2) is 10.4 Å². The predicted octanol–water partition coefficient (Wildman–Crippen LogP) is 3.37. The smallest absolute Gasteiger partial charge is 0.179 e. The number of ketones is 1. The summed E-state index contributed by atoms with van der Waals surface area (Å²) in [6.45, 7) is 0. The monoisotopic (exact) mass is 245 g/mol. The third-order valence-corrected chi connectivity index (χ3v) is 3.01. The highest BCUT2D eigenvalue weighted by atomic mass is 19.1. The molecule has 0 saturated carbocycles. The SMILES string of the molecule is Cn1cccc1C(=O)CCCc1ccc(F)cc1. The van der Waals surface area contributed by atoms with Crippen LogP contribution in [0, 0.1) is 5.82 Å². The molecule has 1 aromatic carbocycles. The van der Waals surface area contributed by atoms with Gasteiger partial charge in [0, 0.05) is 19.7 Å². The third-order valence-electron chi connectivity index (χ3n) is 3.01. The molecule has 0 amide bonds. The van der Waals surface area contributed by atoms with Crippen molar-refractivity contribution in [1.29, 1.82) is 0 Å². The van der Waals surface area contributed by atoms with E-state index >= 15 is 0 Å². The number of halogens is 1. The van der Waals surface area contributed by atoms with Gasteiger partial charge in [0.25, 0.3) is 0 Å². The fourth-order valence-electron chi connectivity index (χ4n) is 1.98. The zero-order valence-corrected chi connectivity index (χ0v) is 10.4. The lowest BCUT2D eigenvalue weighted by atomic mass is 10.1. The fraction of sp³-hybridized carbons (Fsp3) is 0.267. The van der Waals surface area contributed by atoms with E-state index in [1.54, 1.807) is 12.1 Å². The van der Waals surface area contributed by atoms with Gasteiger partial charge in [-0.25, -0.2) is 4.39 Å². The van der Waals surface area contributed by atoms with E-state index in [0.29, 0.717) is 6.42 Å². The van der Waals surface area contributed by atoms with E-state index in [1.807, 2.05) is 29.9 Å². The van der Waals surface area contributed by atoms with Gasteiger partial charge in [0.05, 0.1) is 5.69 Å². The fourth-order valence-corrected chi connectivity index (χ4v) is 1.98. The number of aromatic nitrogens is 1. The van der Waals surface area contributed by atoms with E-state index in [-0.39, 0.29) is 11.6 Å². The normalized spacial score (nSPS) is 10.6. The van der Waals surface area contributed by atoms with E-state index in [0.717, 1.165) is 24.1 Å². The van der Waals surface area contributed by atoms with Crippen LogP contribution in [0.3, 0.4) is 0 Å². The van der Waals surface area contributed by atoms with Crippen LogP contribution in [0.5, 0.6) is 0 Å². The average Bonchev–Trinajstić information content (AvgIpc) is 2.78. The number of aryl methyl sites for hydroxylation is 2. The van der Waals surface area contributed by atoms with Crippen molar-refractivity contribution in [2.45, 2.75) is 19.3 Å². The van der Waals surface area contributed by atoms with Gasteiger partial charge in [-0.1, -0.05) is 12.1 Å². The van der Waals surface area contributed by atoms with Crippen LogP contribution in [0.25, 0.3) is 0 Å². The van der Waals surface area contributed by atoms with Crippen LogP contribution in [-0.2, 0) is 13.5 Å². The summed E-state index contributed by atoms with van der Waals surface area (Å²) in [6.07, 6.45) is 3.98. The molecule has 0 aliphatic heterocycles. The largest absolute Gasteiger partial charge is 0.348 e. The van der Waals surface area contributed by atoms with Crippen LogP contribution < -0.4 is 0 Å². The molecular formula is C15H16FNO. The molecule has 0 aliphatic carbocycles. The van der Waals surface area contributed by atoms with Gasteiger partial charge in [0.2, 0.25) is 0 Å². The van der Waals surface area contributed by atoms with Gasteiger partial charge in [0.15, 0.2) is 5.78 Å². The Bertz CT molecular complexity index is 528. The van der Waals surface area contributed by atoms with Crippen molar-refractivity contribution >= 4 is 5.78 Å². The summed E-state index contributed by atoms with van der Waals surface area (Å²) in [5.41, 5.74) is 1.81. The van der Waals surface area contributed by atoms with Crippen LogP contribution in [0.2, 0.25) is 0 Å². The first-order chi connectivity index (χ1) is 8.66. The van der Waals surface area contributed by atoms with Gasteiger partial charge in [-0.2, -0.15) is 0 Å². The van der Waals surface area contributed by atoms with Crippen LogP contribution in [0.4, 0.5) is 4.39 Å². The van der Waals surface area contributed by atoms with Gasteiger partial charge < -0.3 is 4.57 Å². The molecule has 0 N–H and O–H groups in total. The molecule has 2 nitrogen and oxygen atoms in total. The van der Waals surface area contributed by atoms with E-state index in [4.69, 9.17) is 0 Å². The van der Waals surface area contributed by atoms with Crippen LogP contribution in [0.15, 0.2) is 42.6 Å². The number of benzene rings is 1. The molecule has 1 heterocycles. The molecule has 0 unspecified atom stereocenters. The Hall–Kier alpha value is -1.90.